The Balaban J connectivity index is 2.23. The van der Waals surface area contributed by atoms with Crippen molar-refractivity contribution in [2.45, 2.75) is 45.8 Å². The van der Waals surface area contributed by atoms with E-state index in [1.807, 2.05) is 6.92 Å². The topological polar surface area (TPSA) is 35.5 Å². The van der Waals surface area contributed by atoms with Crippen LogP contribution in [0.25, 0.3) is 0 Å². The third kappa shape index (κ3) is 3.77. The minimum Gasteiger partial charge on any atom is -0.436 e. The normalized spacial score (nSPS) is 28.5. The first-order valence-electron chi connectivity index (χ1n) is 5.03. The Hall–Kier alpha value is -0.570. The Kier molecular flexibility index (Phi) is 4.22. The molecule has 2 unspecified atom stereocenters. The van der Waals surface area contributed by atoms with Crippen LogP contribution in [0, 0.1) is 5.92 Å². The van der Waals surface area contributed by atoms with Gasteiger partial charge in [0.15, 0.2) is 0 Å². The van der Waals surface area contributed by atoms with E-state index in [1.165, 1.54) is 0 Å². The van der Waals surface area contributed by atoms with Crippen LogP contribution in [-0.2, 0) is 14.3 Å². The second kappa shape index (κ2) is 5.22. The maximum atomic E-state index is 11.1. The van der Waals surface area contributed by atoms with Crippen molar-refractivity contribution in [1.29, 1.82) is 0 Å². The zero-order chi connectivity index (χ0) is 9.68. The van der Waals surface area contributed by atoms with Crippen LogP contribution in [0.1, 0.15) is 39.5 Å². The lowest BCUT2D eigenvalue weighted by Gasteiger charge is -2.26. The molecule has 2 atom stereocenters. The maximum absolute atomic E-state index is 11.1. The van der Waals surface area contributed by atoms with Gasteiger partial charge in [0.1, 0.15) is 0 Å². The summed E-state index contributed by atoms with van der Waals surface area (Å²) in [6.45, 7) is 4.83. The summed E-state index contributed by atoms with van der Waals surface area (Å²) in [4.78, 5) is 11.1. The first kappa shape index (κ1) is 10.5. The van der Waals surface area contributed by atoms with Gasteiger partial charge >= 0.3 is 5.97 Å². The number of esters is 1. The lowest BCUT2D eigenvalue weighted by molar-refractivity contribution is -0.191. The molecule has 3 nitrogen and oxygen atoms in total. The summed E-state index contributed by atoms with van der Waals surface area (Å²) in [7, 11) is 0. The van der Waals surface area contributed by atoms with Crippen molar-refractivity contribution in [3.8, 4) is 0 Å². The van der Waals surface area contributed by atoms with Crippen molar-refractivity contribution in [1.82, 2.24) is 0 Å². The summed E-state index contributed by atoms with van der Waals surface area (Å²) < 4.78 is 10.5. The highest BCUT2D eigenvalue weighted by Gasteiger charge is 2.22. The second-order valence-corrected chi connectivity index (χ2v) is 3.67. The summed E-state index contributed by atoms with van der Waals surface area (Å²) in [5, 5.41) is 0. The molecule has 3 heteroatoms. The molecule has 0 aromatic carbocycles. The van der Waals surface area contributed by atoms with Gasteiger partial charge in [-0.3, -0.25) is 4.79 Å². The van der Waals surface area contributed by atoms with Gasteiger partial charge in [-0.1, -0.05) is 13.8 Å². The van der Waals surface area contributed by atoms with E-state index in [0.29, 0.717) is 18.9 Å². The smallest absolute Gasteiger partial charge is 0.308 e. The van der Waals surface area contributed by atoms with E-state index in [-0.39, 0.29) is 12.3 Å². The zero-order valence-corrected chi connectivity index (χ0v) is 8.41. The Morgan fingerprint density at radius 1 is 1.62 bits per heavy atom. The van der Waals surface area contributed by atoms with E-state index in [4.69, 9.17) is 9.47 Å². The highest BCUT2D eigenvalue weighted by molar-refractivity contribution is 5.69. The van der Waals surface area contributed by atoms with Gasteiger partial charge in [0, 0.05) is 12.8 Å². The molecule has 1 saturated heterocycles. The lowest BCUT2D eigenvalue weighted by Crippen LogP contribution is -2.28. The molecule has 0 aliphatic carbocycles. The molecule has 0 saturated carbocycles. The van der Waals surface area contributed by atoms with Crippen LogP contribution in [0.2, 0.25) is 0 Å². The van der Waals surface area contributed by atoms with Crippen LogP contribution in [-0.4, -0.2) is 18.9 Å². The molecule has 1 rings (SSSR count). The minimum atomic E-state index is -0.289. The number of carbonyl (C=O) groups is 1. The van der Waals surface area contributed by atoms with Gasteiger partial charge in [-0.25, -0.2) is 0 Å². The molecule has 0 amide bonds. The predicted octanol–water partition coefficient (Wildman–Crippen LogP) is 2.10. The molecule has 0 aromatic heterocycles. The van der Waals surface area contributed by atoms with E-state index in [1.54, 1.807) is 0 Å². The molecule has 0 spiro atoms. The number of rotatable bonds is 3. The number of hydrogen-bond donors (Lipinski definition) is 0. The van der Waals surface area contributed by atoms with Crippen molar-refractivity contribution in [2.24, 2.45) is 5.92 Å². The van der Waals surface area contributed by atoms with E-state index in [9.17, 15) is 4.79 Å². The van der Waals surface area contributed by atoms with Gasteiger partial charge < -0.3 is 9.47 Å². The van der Waals surface area contributed by atoms with Gasteiger partial charge in [0.25, 0.3) is 0 Å². The van der Waals surface area contributed by atoms with Crippen LogP contribution in [0.5, 0.6) is 0 Å². The third-order valence-electron chi connectivity index (χ3n) is 2.23. The van der Waals surface area contributed by atoms with E-state index >= 15 is 0 Å². The molecule has 0 radical (unpaired) electrons. The summed E-state index contributed by atoms with van der Waals surface area (Å²) in [5.41, 5.74) is 0. The molecular formula is C10H18O3. The number of hydrogen-bond acceptors (Lipinski definition) is 3. The molecule has 1 fully saturated rings. The zero-order valence-electron chi connectivity index (χ0n) is 8.41. The van der Waals surface area contributed by atoms with E-state index in [2.05, 4.69) is 6.92 Å². The van der Waals surface area contributed by atoms with E-state index in [0.717, 1.165) is 19.3 Å². The Bertz CT molecular complexity index is 168. The standard InChI is InChI=1S/C10H18O3/c1-3-4-9(11)13-10-7-8(2)5-6-12-10/h8,10H,3-7H2,1-2H3. The van der Waals surface area contributed by atoms with Gasteiger partial charge in [0.2, 0.25) is 6.29 Å². The van der Waals surface area contributed by atoms with Gasteiger partial charge in [-0.05, 0) is 18.8 Å². The van der Waals surface area contributed by atoms with Crippen LogP contribution in [0.3, 0.4) is 0 Å². The monoisotopic (exact) mass is 186 g/mol. The van der Waals surface area contributed by atoms with E-state index < -0.39 is 0 Å². The van der Waals surface area contributed by atoms with Crippen molar-refractivity contribution in [2.75, 3.05) is 6.61 Å². The predicted molar refractivity (Wildman–Crippen MR) is 49.1 cm³/mol. The van der Waals surface area contributed by atoms with Crippen LogP contribution in [0.4, 0.5) is 0 Å². The SMILES string of the molecule is CCCC(=O)OC1CC(C)CCO1. The fourth-order valence-corrected chi connectivity index (χ4v) is 1.41. The number of carbonyl (C=O) groups excluding carboxylic acids is 1. The summed E-state index contributed by atoms with van der Waals surface area (Å²) in [5.74, 6) is 0.467. The molecule has 1 aliphatic rings. The average molecular weight is 186 g/mol. The maximum Gasteiger partial charge on any atom is 0.308 e. The Morgan fingerprint density at radius 3 is 3.00 bits per heavy atom. The molecule has 13 heavy (non-hydrogen) atoms. The molecule has 1 heterocycles. The summed E-state index contributed by atoms with van der Waals surface area (Å²) in [6, 6.07) is 0. The molecular weight excluding hydrogens is 168 g/mol. The lowest BCUT2D eigenvalue weighted by atomic mass is 10.0. The van der Waals surface area contributed by atoms with Gasteiger partial charge in [0.05, 0.1) is 6.61 Å². The minimum absolute atomic E-state index is 0.137. The highest BCUT2D eigenvalue weighted by Crippen LogP contribution is 2.20. The van der Waals surface area contributed by atoms with Crippen molar-refractivity contribution in [3.63, 3.8) is 0 Å². The summed E-state index contributed by atoms with van der Waals surface area (Å²) in [6.07, 6.45) is 2.95. The quantitative estimate of drug-likeness (QED) is 0.633. The molecule has 0 N–H and O–H groups in total. The Labute approximate surface area is 79.4 Å². The van der Waals surface area contributed by atoms with Crippen molar-refractivity contribution >= 4 is 5.97 Å². The third-order valence-corrected chi connectivity index (χ3v) is 2.23. The van der Waals surface area contributed by atoms with Crippen molar-refractivity contribution in [3.05, 3.63) is 0 Å². The highest BCUT2D eigenvalue weighted by atomic mass is 16.7. The van der Waals surface area contributed by atoms with Gasteiger partial charge in [-0.15, -0.1) is 0 Å². The molecule has 0 aromatic rings. The van der Waals surface area contributed by atoms with Gasteiger partial charge in [-0.2, -0.15) is 0 Å². The molecule has 76 valence electrons. The Morgan fingerprint density at radius 2 is 2.38 bits per heavy atom. The average Bonchev–Trinajstić information content (AvgIpc) is 2.04. The summed E-state index contributed by atoms with van der Waals surface area (Å²) >= 11 is 0. The largest absolute Gasteiger partial charge is 0.436 e. The van der Waals surface area contributed by atoms with Crippen LogP contribution < -0.4 is 0 Å². The number of ether oxygens (including phenoxy) is 2. The fraction of sp³-hybridized carbons (Fsp3) is 0.900. The van der Waals surface area contributed by atoms with Crippen LogP contribution >= 0.6 is 0 Å². The first-order chi connectivity index (χ1) is 6.22. The first-order valence-corrected chi connectivity index (χ1v) is 5.03. The van der Waals surface area contributed by atoms with Crippen molar-refractivity contribution < 1.29 is 14.3 Å². The fourth-order valence-electron chi connectivity index (χ4n) is 1.41. The van der Waals surface area contributed by atoms with Crippen LogP contribution in [0.15, 0.2) is 0 Å². The second-order valence-electron chi connectivity index (χ2n) is 3.67. The molecule has 1 aliphatic heterocycles. The molecule has 0 bridgehead atoms.